The first-order valence-electron chi connectivity index (χ1n) is 9.00. The average Bonchev–Trinajstić information content (AvgIpc) is 3.08. The number of anilines is 1. The number of hydrogen-bond donors (Lipinski definition) is 1. The Balaban J connectivity index is 1.52. The van der Waals surface area contributed by atoms with Gasteiger partial charge >= 0.3 is 5.97 Å². The number of esters is 1. The third-order valence-electron chi connectivity index (χ3n) is 4.37. The van der Waals surface area contributed by atoms with Crippen LogP contribution < -0.4 is 15.0 Å². The molecule has 29 heavy (non-hydrogen) atoms. The van der Waals surface area contributed by atoms with Crippen molar-refractivity contribution >= 4 is 29.4 Å². The highest BCUT2D eigenvalue weighted by atomic mass is 16.5. The van der Waals surface area contributed by atoms with Crippen molar-refractivity contribution in [3.05, 3.63) is 59.7 Å². The number of imide groups is 1. The van der Waals surface area contributed by atoms with Crippen LogP contribution in [0.5, 0.6) is 5.75 Å². The zero-order chi connectivity index (χ0) is 20.8. The summed E-state index contributed by atoms with van der Waals surface area (Å²) in [6.07, 6.45) is 0.309. The highest BCUT2D eigenvalue weighted by molar-refractivity contribution is 6.20. The molecule has 0 aliphatic carbocycles. The lowest BCUT2D eigenvalue weighted by molar-refractivity contribution is -0.124. The summed E-state index contributed by atoms with van der Waals surface area (Å²) in [5, 5.41) is 2.66. The molecule has 0 spiro atoms. The van der Waals surface area contributed by atoms with Gasteiger partial charge in [0.1, 0.15) is 5.75 Å². The largest absolute Gasteiger partial charge is 0.497 e. The van der Waals surface area contributed by atoms with Crippen molar-refractivity contribution in [2.75, 3.05) is 18.6 Å². The summed E-state index contributed by atoms with van der Waals surface area (Å²) in [7, 11) is 1.57. The SMILES string of the molecule is COc1ccc(CNC(=O)COC(=O)c2cccc(N3C(=O)CCC3=O)c2)cc1. The molecule has 3 amide bonds. The monoisotopic (exact) mass is 396 g/mol. The van der Waals surface area contributed by atoms with E-state index >= 15 is 0 Å². The number of carbonyl (C=O) groups is 4. The fourth-order valence-corrected chi connectivity index (χ4v) is 2.85. The molecular formula is C21H20N2O6. The minimum atomic E-state index is -0.717. The molecule has 1 fully saturated rings. The van der Waals surface area contributed by atoms with E-state index in [1.165, 1.54) is 12.1 Å². The molecule has 0 aromatic heterocycles. The van der Waals surface area contributed by atoms with Gasteiger partial charge in [-0.15, -0.1) is 0 Å². The molecule has 0 saturated carbocycles. The van der Waals surface area contributed by atoms with Gasteiger partial charge in [0.15, 0.2) is 6.61 Å². The number of nitrogens with zero attached hydrogens (tertiary/aromatic N) is 1. The second-order valence-corrected chi connectivity index (χ2v) is 6.37. The number of hydrogen-bond acceptors (Lipinski definition) is 6. The molecule has 1 aliphatic rings. The second-order valence-electron chi connectivity index (χ2n) is 6.37. The van der Waals surface area contributed by atoms with Gasteiger partial charge < -0.3 is 14.8 Å². The van der Waals surface area contributed by atoms with Gasteiger partial charge in [0, 0.05) is 19.4 Å². The van der Waals surface area contributed by atoms with E-state index in [-0.39, 0.29) is 36.8 Å². The molecule has 150 valence electrons. The van der Waals surface area contributed by atoms with Gasteiger partial charge in [-0.2, -0.15) is 0 Å². The van der Waals surface area contributed by atoms with E-state index in [0.717, 1.165) is 10.5 Å². The molecule has 2 aromatic carbocycles. The normalized spacial score (nSPS) is 13.3. The van der Waals surface area contributed by atoms with Crippen LogP contribution in [0.25, 0.3) is 0 Å². The average molecular weight is 396 g/mol. The fraction of sp³-hybridized carbons (Fsp3) is 0.238. The van der Waals surface area contributed by atoms with E-state index < -0.39 is 18.5 Å². The molecule has 0 atom stereocenters. The van der Waals surface area contributed by atoms with Gasteiger partial charge in [-0.05, 0) is 35.9 Å². The number of amides is 3. The highest BCUT2D eigenvalue weighted by Gasteiger charge is 2.30. The number of ether oxygens (including phenoxy) is 2. The van der Waals surface area contributed by atoms with E-state index in [1.54, 1.807) is 31.4 Å². The second kappa shape index (κ2) is 9.01. The van der Waals surface area contributed by atoms with E-state index in [2.05, 4.69) is 5.32 Å². The maximum atomic E-state index is 12.2. The summed E-state index contributed by atoms with van der Waals surface area (Å²) in [6.45, 7) is -0.157. The molecular weight excluding hydrogens is 376 g/mol. The van der Waals surface area contributed by atoms with E-state index in [4.69, 9.17) is 9.47 Å². The van der Waals surface area contributed by atoms with Crippen molar-refractivity contribution in [1.82, 2.24) is 5.32 Å². The van der Waals surface area contributed by atoms with Crippen molar-refractivity contribution in [3.8, 4) is 5.75 Å². The quantitative estimate of drug-likeness (QED) is 0.566. The van der Waals surface area contributed by atoms with Gasteiger partial charge in [0.25, 0.3) is 5.91 Å². The number of nitrogens with one attached hydrogen (secondary N) is 1. The first kappa shape index (κ1) is 20.1. The van der Waals surface area contributed by atoms with E-state index in [1.807, 2.05) is 12.1 Å². The van der Waals surface area contributed by atoms with Crippen LogP contribution in [0.3, 0.4) is 0 Å². The molecule has 3 rings (SSSR count). The van der Waals surface area contributed by atoms with Crippen LogP contribution in [0.2, 0.25) is 0 Å². The predicted molar refractivity (Wildman–Crippen MR) is 103 cm³/mol. The van der Waals surface area contributed by atoms with Gasteiger partial charge in [0.2, 0.25) is 11.8 Å². The Labute approximate surface area is 167 Å². The maximum Gasteiger partial charge on any atom is 0.338 e. The first-order valence-corrected chi connectivity index (χ1v) is 9.00. The van der Waals surface area contributed by atoms with E-state index in [9.17, 15) is 19.2 Å². The third-order valence-corrected chi connectivity index (χ3v) is 4.37. The van der Waals surface area contributed by atoms with E-state index in [0.29, 0.717) is 11.4 Å². The smallest absolute Gasteiger partial charge is 0.338 e. The lowest BCUT2D eigenvalue weighted by atomic mass is 10.2. The van der Waals surface area contributed by atoms with Crippen molar-refractivity contribution in [1.29, 1.82) is 0 Å². The van der Waals surface area contributed by atoms with Crippen LogP contribution in [-0.2, 0) is 25.7 Å². The molecule has 1 aliphatic heterocycles. The minimum absolute atomic E-state index is 0.151. The topological polar surface area (TPSA) is 102 Å². The standard InChI is InChI=1S/C21H20N2O6/c1-28-17-7-5-14(6-8-17)12-22-18(24)13-29-21(27)15-3-2-4-16(11-15)23-19(25)9-10-20(23)26/h2-8,11H,9-10,12-13H2,1H3,(H,22,24). The summed E-state index contributed by atoms with van der Waals surface area (Å²) in [4.78, 5) is 48.9. The van der Waals surface area contributed by atoms with Crippen molar-refractivity contribution < 1.29 is 28.7 Å². The third kappa shape index (κ3) is 4.98. The predicted octanol–water partition coefficient (Wildman–Crippen LogP) is 1.82. The summed E-state index contributed by atoms with van der Waals surface area (Å²) < 4.78 is 10.1. The summed E-state index contributed by atoms with van der Waals surface area (Å²) in [5.41, 5.74) is 1.34. The van der Waals surface area contributed by atoms with Gasteiger partial charge in [-0.3, -0.25) is 19.3 Å². The Kier molecular flexibility index (Phi) is 6.23. The zero-order valence-electron chi connectivity index (χ0n) is 15.8. The van der Waals surface area contributed by atoms with Crippen molar-refractivity contribution in [3.63, 3.8) is 0 Å². The van der Waals surface area contributed by atoms with Crippen LogP contribution in [0.1, 0.15) is 28.8 Å². The fourth-order valence-electron chi connectivity index (χ4n) is 2.85. The number of carbonyl (C=O) groups excluding carboxylic acids is 4. The lowest BCUT2D eigenvalue weighted by Crippen LogP contribution is -2.29. The molecule has 0 unspecified atom stereocenters. The summed E-state index contributed by atoms with van der Waals surface area (Å²) in [6, 6.07) is 13.2. The lowest BCUT2D eigenvalue weighted by Gasteiger charge is -2.14. The van der Waals surface area contributed by atoms with Gasteiger partial charge in [0.05, 0.1) is 18.4 Å². The molecule has 1 saturated heterocycles. The van der Waals surface area contributed by atoms with Crippen LogP contribution in [0.15, 0.2) is 48.5 Å². The summed E-state index contributed by atoms with van der Waals surface area (Å²) in [5.74, 6) is -1.06. The van der Waals surface area contributed by atoms with Crippen molar-refractivity contribution in [2.24, 2.45) is 0 Å². The Hall–Kier alpha value is -3.68. The Bertz CT molecular complexity index is 922. The maximum absolute atomic E-state index is 12.2. The molecule has 8 heteroatoms. The Morgan fingerprint density at radius 3 is 2.38 bits per heavy atom. The number of rotatable bonds is 7. The molecule has 2 aromatic rings. The van der Waals surface area contributed by atoms with Crippen molar-refractivity contribution in [2.45, 2.75) is 19.4 Å². The summed E-state index contributed by atoms with van der Waals surface area (Å²) >= 11 is 0. The molecule has 0 radical (unpaired) electrons. The molecule has 0 bridgehead atoms. The number of methoxy groups -OCH3 is 1. The molecule has 8 nitrogen and oxygen atoms in total. The zero-order valence-corrected chi connectivity index (χ0v) is 15.8. The highest BCUT2D eigenvalue weighted by Crippen LogP contribution is 2.23. The van der Waals surface area contributed by atoms with Crippen LogP contribution in [-0.4, -0.2) is 37.4 Å². The van der Waals surface area contributed by atoms with Crippen LogP contribution in [0, 0.1) is 0 Å². The molecule has 1 heterocycles. The van der Waals surface area contributed by atoms with Gasteiger partial charge in [-0.1, -0.05) is 18.2 Å². The first-order chi connectivity index (χ1) is 14.0. The minimum Gasteiger partial charge on any atom is -0.497 e. The van der Waals surface area contributed by atoms with Crippen LogP contribution >= 0.6 is 0 Å². The molecule has 1 N–H and O–H groups in total. The van der Waals surface area contributed by atoms with Gasteiger partial charge in [-0.25, -0.2) is 4.79 Å². The van der Waals surface area contributed by atoms with Crippen LogP contribution in [0.4, 0.5) is 5.69 Å². The Morgan fingerprint density at radius 2 is 1.72 bits per heavy atom. The number of benzene rings is 2. The Morgan fingerprint density at radius 1 is 1.03 bits per heavy atom.